The molecule has 0 aliphatic carbocycles. The van der Waals surface area contributed by atoms with Gasteiger partial charge in [-0.1, -0.05) is 112 Å². The maximum atomic E-state index is 7.51. The lowest BCUT2D eigenvalue weighted by molar-refractivity contribution is 0.555. The Morgan fingerprint density at radius 1 is 0.483 bits per heavy atom. The molecule has 5 heteroatoms. The molecule has 0 amide bonds. The lowest BCUT2D eigenvalue weighted by Gasteiger charge is -2.41. The molecule has 2 rings (SSSR count). The van der Waals surface area contributed by atoms with E-state index in [0.29, 0.717) is 0 Å². The minimum absolute atomic E-state index is 1.13. The third-order valence-electron chi connectivity index (χ3n) is 5.92. The van der Waals surface area contributed by atoms with Gasteiger partial charge in [-0.05, 0) is 35.6 Å². The molecule has 2 aromatic carbocycles. The van der Waals surface area contributed by atoms with E-state index in [4.69, 9.17) is 4.12 Å². The molecule has 2 unspecified atom stereocenters. The van der Waals surface area contributed by atoms with Gasteiger partial charge in [-0.15, -0.1) is 0 Å². The van der Waals surface area contributed by atoms with E-state index in [9.17, 15) is 0 Å². The van der Waals surface area contributed by atoms with Gasteiger partial charge in [0.1, 0.15) is 0 Å². The topological polar surface area (TPSA) is 9.23 Å². The van der Waals surface area contributed by atoms with Crippen LogP contribution >= 0.6 is 0 Å². The van der Waals surface area contributed by atoms with Crippen molar-refractivity contribution in [2.24, 2.45) is 0 Å². The van der Waals surface area contributed by atoms with E-state index < -0.39 is 32.8 Å². The lowest BCUT2D eigenvalue weighted by Crippen LogP contribution is -2.61. The lowest BCUT2D eigenvalue weighted by atomic mass is 10.4. The molecule has 0 saturated heterocycles. The second-order valence-electron chi connectivity index (χ2n) is 11.4. The zero-order valence-corrected chi connectivity index (χ0v) is 24.0. The molecule has 0 heterocycles. The smallest absolute Gasteiger partial charge is 0.209 e. The fourth-order valence-corrected chi connectivity index (χ4v) is 21.7. The van der Waals surface area contributed by atoms with Crippen LogP contribution in [-0.2, 0) is 4.12 Å². The summed E-state index contributed by atoms with van der Waals surface area (Å²) in [7, 11) is -6.33. The van der Waals surface area contributed by atoms with Gasteiger partial charge in [-0.25, -0.2) is 0 Å². The van der Waals surface area contributed by atoms with Crippen LogP contribution in [0, 0.1) is 0 Å². The summed E-state index contributed by atoms with van der Waals surface area (Å²) in [6.07, 6.45) is 0. The van der Waals surface area contributed by atoms with E-state index in [0.717, 1.165) is 0 Å². The van der Waals surface area contributed by atoms with Gasteiger partial charge in [0, 0.05) is 16.1 Å². The maximum absolute atomic E-state index is 7.51. The average Bonchev–Trinajstić information content (AvgIpc) is 2.65. The Balaban J connectivity index is 2.43. The summed E-state index contributed by atoms with van der Waals surface area (Å²) in [6, 6.07) is 27.5. The highest BCUT2D eigenvalue weighted by atomic mass is 28.4. The molecule has 0 N–H and O–H groups in total. The molecule has 0 aromatic heterocycles. The van der Waals surface area contributed by atoms with Crippen molar-refractivity contribution < 1.29 is 4.12 Å². The second kappa shape index (κ2) is 9.60. The van der Waals surface area contributed by atoms with E-state index in [1.807, 2.05) is 0 Å². The molecule has 0 spiro atoms. The molecule has 0 aliphatic heterocycles. The van der Waals surface area contributed by atoms with Gasteiger partial charge >= 0.3 is 0 Å². The fourth-order valence-electron chi connectivity index (χ4n) is 3.81. The van der Waals surface area contributed by atoms with Crippen LogP contribution in [0.2, 0.25) is 76.6 Å². The Labute approximate surface area is 184 Å². The first kappa shape index (κ1) is 24.5. The van der Waals surface area contributed by atoms with Gasteiger partial charge in [-0.2, -0.15) is 0 Å². The van der Waals surface area contributed by atoms with Gasteiger partial charge in [0.2, 0.25) is 16.6 Å². The Kier molecular flexibility index (Phi) is 8.12. The minimum Gasteiger partial charge on any atom is -0.448 e. The molecule has 29 heavy (non-hydrogen) atoms. The van der Waals surface area contributed by atoms with Crippen LogP contribution < -0.4 is 10.4 Å². The number of hydrogen-bond donors (Lipinski definition) is 0. The summed E-state index contributed by atoms with van der Waals surface area (Å²) < 4.78 is 7.51. The Morgan fingerprint density at radius 2 is 0.793 bits per heavy atom. The third-order valence-corrected chi connectivity index (χ3v) is 19.5. The quantitative estimate of drug-likeness (QED) is 0.362. The SMILES string of the molecule is C[Si](C)(C)CC[Si](C)(O[Si](C)(CC[Si](C)(C)C)c1ccccc1)c1ccccc1. The van der Waals surface area contributed by atoms with Gasteiger partial charge in [-0.3, -0.25) is 0 Å². The van der Waals surface area contributed by atoms with Crippen LogP contribution in [0.4, 0.5) is 0 Å². The van der Waals surface area contributed by atoms with E-state index >= 15 is 0 Å². The molecule has 0 radical (unpaired) electrons. The summed E-state index contributed by atoms with van der Waals surface area (Å²) in [5.74, 6) is 0. The molecule has 1 nitrogen and oxygen atoms in total. The summed E-state index contributed by atoms with van der Waals surface area (Å²) in [6.45, 7) is 19.9. The van der Waals surface area contributed by atoms with Crippen molar-refractivity contribution in [3.63, 3.8) is 0 Å². The Morgan fingerprint density at radius 3 is 1.07 bits per heavy atom. The molecule has 0 saturated carbocycles. The normalized spacial score (nSPS) is 16.8. The van der Waals surface area contributed by atoms with Crippen LogP contribution in [-0.4, -0.2) is 32.8 Å². The maximum Gasteiger partial charge on any atom is 0.209 e. The minimum atomic E-state index is -2.04. The van der Waals surface area contributed by atoms with Crippen molar-refractivity contribution in [3.8, 4) is 0 Å². The monoisotopic (exact) mass is 458 g/mol. The van der Waals surface area contributed by atoms with Gasteiger partial charge in [0.25, 0.3) is 0 Å². The molecular weight excluding hydrogens is 417 g/mol. The van der Waals surface area contributed by atoms with E-state index in [2.05, 4.69) is 113 Å². The highest BCUT2D eigenvalue weighted by Gasteiger charge is 2.43. The first-order valence-electron chi connectivity index (χ1n) is 11.1. The zero-order valence-electron chi connectivity index (χ0n) is 20.0. The highest BCUT2D eigenvalue weighted by Crippen LogP contribution is 2.29. The highest BCUT2D eigenvalue weighted by molar-refractivity contribution is 6.99. The van der Waals surface area contributed by atoms with Gasteiger partial charge < -0.3 is 4.12 Å². The third kappa shape index (κ3) is 7.79. The van der Waals surface area contributed by atoms with Crippen molar-refractivity contribution in [2.45, 2.75) is 76.6 Å². The number of benzene rings is 2. The second-order valence-corrected chi connectivity index (χ2v) is 30.6. The standard InChI is InChI=1S/C24H42OSi4/c1-26(2,3)19-21-28(7,23-15-11-9-12-16-23)25-29(8,22-20-27(4,5)6)24-17-13-10-14-18-24/h9-18H,19-22H2,1-8H3. The summed E-state index contributed by atoms with van der Waals surface area (Å²) in [5.41, 5.74) is 0. The van der Waals surface area contributed by atoms with E-state index in [-0.39, 0.29) is 0 Å². The molecule has 0 bridgehead atoms. The van der Waals surface area contributed by atoms with Crippen LogP contribution in [0.5, 0.6) is 0 Å². The molecule has 2 aromatic rings. The van der Waals surface area contributed by atoms with Gasteiger partial charge in [0.05, 0.1) is 0 Å². The van der Waals surface area contributed by atoms with Crippen LogP contribution in [0.25, 0.3) is 0 Å². The van der Waals surface area contributed by atoms with Crippen molar-refractivity contribution in [1.82, 2.24) is 0 Å². The van der Waals surface area contributed by atoms with Crippen LogP contribution in [0.15, 0.2) is 60.7 Å². The molecular formula is C24H42OSi4. The molecule has 0 fully saturated rings. The van der Waals surface area contributed by atoms with Crippen molar-refractivity contribution in [3.05, 3.63) is 60.7 Å². The summed E-state index contributed by atoms with van der Waals surface area (Å²) in [4.78, 5) is 0. The Bertz CT molecular complexity index is 686. The number of hydrogen-bond acceptors (Lipinski definition) is 1. The summed E-state index contributed by atoms with van der Waals surface area (Å²) in [5, 5.41) is 2.95. The predicted molar refractivity (Wildman–Crippen MR) is 142 cm³/mol. The molecule has 160 valence electrons. The van der Waals surface area contributed by atoms with Crippen LogP contribution in [0.1, 0.15) is 0 Å². The van der Waals surface area contributed by atoms with E-state index in [1.165, 1.54) is 34.5 Å². The van der Waals surface area contributed by atoms with Crippen molar-refractivity contribution in [1.29, 1.82) is 0 Å². The average molecular weight is 459 g/mol. The first-order chi connectivity index (χ1) is 13.3. The first-order valence-corrected chi connectivity index (χ1v) is 23.8. The van der Waals surface area contributed by atoms with Crippen molar-refractivity contribution >= 4 is 43.2 Å². The Hall–Kier alpha value is -0.732. The van der Waals surface area contributed by atoms with Crippen LogP contribution in [0.3, 0.4) is 0 Å². The summed E-state index contributed by atoms with van der Waals surface area (Å²) >= 11 is 0. The molecule has 2 atom stereocenters. The fraction of sp³-hybridized carbons (Fsp3) is 0.500. The number of rotatable bonds is 10. The predicted octanol–water partition coefficient (Wildman–Crippen LogP) is 6.64. The van der Waals surface area contributed by atoms with E-state index in [1.54, 1.807) is 0 Å². The molecule has 0 aliphatic rings. The van der Waals surface area contributed by atoms with Gasteiger partial charge in [0.15, 0.2) is 0 Å². The largest absolute Gasteiger partial charge is 0.448 e. The van der Waals surface area contributed by atoms with Crippen molar-refractivity contribution in [2.75, 3.05) is 0 Å². The zero-order chi connectivity index (χ0) is 21.8.